The van der Waals surface area contributed by atoms with E-state index in [4.69, 9.17) is 5.73 Å². The predicted octanol–water partition coefficient (Wildman–Crippen LogP) is 2.20. The normalized spacial score (nSPS) is 18.2. The highest BCUT2D eigenvalue weighted by Crippen LogP contribution is 2.31. The minimum atomic E-state index is -0.747. The lowest BCUT2D eigenvalue weighted by Gasteiger charge is -2.35. The molecule has 0 aliphatic carbocycles. The third kappa shape index (κ3) is 3.52. The van der Waals surface area contributed by atoms with Gasteiger partial charge in [0, 0.05) is 24.1 Å². The molecule has 0 spiro atoms. The Morgan fingerprint density at radius 3 is 3.00 bits per heavy atom. The maximum Gasteiger partial charge on any atom is 0.253 e. The Bertz CT molecular complexity index is 706. The minimum Gasteiger partial charge on any atom is -0.370 e. The highest BCUT2D eigenvalue weighted by molar-refractivity contribution is 9.10. The SMILES string of the molecule is NC(=O)c1c(F)cc(Br)cc1N1CCCC(Cn2cncn2)C1. The molecule has 1 fully saturated rings. The molecule has 8 heteroatoms. The number of benzene rings is 1. The number of rotatable bonds is 4. The number of hydrogen-bond donors (Lipinski definition) is 1. The van der Waals surface area contributed by atoms with E-state index >= 15 is 0 Å². The lowest BCUT2D eigenvalue weighted by atomic mass is 9.96. The third-order valence-corrected chi connectivity index (χ3v) is 4.51. The Kier molecular flexibility index (Phi) is 4.61. The molecule has 1 saturated heterocycles. The molecule has 1 unspecified atom stereocenters. The molecule has 23 heavy (non-hydrogen) atoms. The summed E-state index contributed by atoms with van der Waals surface area (Å²) in [4.78, 5) is 17.6. The Morgan fingerprint density at radius 2 is 2.30 bits per heavy atom. The number of halogens is 2. The van der Waals surface area contributed by atoms with Gasteiger partial charge in [0.2, 0.25) is 0 Å². The summed E-state index contributed by atoms with van der Waals surface area (Å²) in [7, 11) is 0. The summed E-state index contributed by atoms with van der Waals surface area (Å²) in [6.07, 6.45) is 5.21. The molecule has 122 valence electrons. The molecule has 1 aromatic heterocycles. The van der Waals surface area contributed by atoms with Crippen LogP contribution in [0.25, 0.3) is 0 Å². The van der Waals surface area contributed by atoms with E-state index in [2.05, 4.69) is 26.0 Å². The van der Waals surface area contributed by atoms with Gasteiger partial charge < -0.3 is 10.6 Å². The first-order chi connectivity index (χ1) is 11.0. The zero-order valence-electron chi connectivity index (χ0n) is 12.5. The van der Waals surface area contributed by atoms with Gasteiger partial charge in [0.15, 0.2) is 0 Å². The fourth-order valence-electron chi connectivity index (χ4n) is 3.08. The maximum absolute atomic E-state index is 14.1. The van der Waals surface area contributed by atoms with E-state index in [0.29, 0.717) is 16.1 Å². The number of anilines is 1. The summed E-state index contributed by atoms with van der Waals surface area (Å²) in [6.45, 7) is 2.24. The molecule has 2 aromatic rings. The van der Waals surface area contributed by atoms with Gasteiger partial charge in [-0.2, -0.15) is 5.10 Å². The third-order valence-electron chi connectivity index (χ3n) is 4.05. The number of carbonyl (C=O) groups is 1. The molecule has 0 saturated carbocycles. The smallest absolute Gasteiger partial charge is 0.253 e. The zero-order chi connectivity index (χ0) is 16.4. The van der Waals surface area contributed by atoms with Crippen molar-refractivity contribution < 1.29 is 9.18 Å². The lowest BCUT2D eigenvalue weighted by molar-refractivity contribution is 0.0997. The van der Waals surface area contributed by atoms with Crippen molar-refractivity contribution in [2.45, 2.75) is 19.4 Å². The van der Waals surface area contributed by atoms with Crippen LogP contribution >= 0.6 is 15.9 Å². The van der Waals surface area contributed by atoms with Crippen LogP contribution in [0.4, 0.5) is 10.1 Å². The van der Waals surface area contributed by atoms with E-state index in [-0.39, 0.29) is 5.56 Å². The molecule has 2 N–H and O–H groups in total. The standard InChI is InChI=1S/C15H17BrFN5O/c16-11-4-12(17)14(15(18)23)13(5-11)21-3-1-2-10(6-21)7-22-9-19-8-20-22/h4-5,8-10H,1-3,6-7H2,(H2,18,23). The van der Waals surface area contributed by atoms with E-state index in [1.54, 1.807) is 17.1 Å². The van der Waals surface area contributed by atoms with Gasteiger partial charge in [-0.3, -0.25) is 9.48 Å². The molecule has 1 amide bonds. The predicted molar refractivity (Wildman–Crippen MR) is 87.6 cm³/mol. The van der Waals surface area contributed by atoms with Gasteiger partial charge in [-0.05, 0) is 30.9 Å². The summed E-state index contributed by atoms with van der Waals surface area (Å²) in [6, 6.07) is 3.02. The van der Waals surface area contributed by atoms with Crippen LogP contribution in [0, 0.1) is 11.7 Å². The zero-order valence-corrected chi connectivity index (χ0v) is 14.0. The van der Waals surface area contributed by atoms with Crippen LogP contribution in [0.15, 0.2) is 29.3 Å². The average Bonchev–Trinajstić information content (AvgIpc) is 2.99. The van der Waals surface area contributed by atoms with Crippen LogP contribution in [0.2, 0.25) is 0 Å². The Morgan fingerprint density at radius 1 is 1.48 bits per heavy atom. The van der Waals surface area contributed by atoms with Crippen molar-refractivity contribution >= 4 is 27.5 Å². The van der Waals surface area contributed by atoms with Crippen molar-refractivity contribution in [2.24, 2.45) is 11.7 Å². The van der Waals surface area contributed by atoms with Gasteiger partial charge in [0.1, 0.15) is 18.5 Å². The number of aromatic nitrogens is 3. The van der Waals surface area contributed by atoms with Crippen molar-refractivity contribution in [1.29, 1.82) is 0 Å². The molecule has 1 atom stereocenters. The summed E-state index contributed by atoms with van der Waals surface area (Å²) < 4.78 is 16.5. The molecule has 0 radical (unpaired) electrons. The number of nitrogens with two attached hydrogens (primary N) is 1. The quantitative estimate of drug-likeness (QED) is 0.880. The minimum absolute atomic E-state index is 0.0467. The van der Waals surface area contributed by atoms with E-state index in [1.165, 1.54) is 12.4 Å². The lowest BCUT2D eigenvalue weighted by Crippen LogP contribution is -2.38. The van der Waals surface area contributed by atoms with Crippen molar-refractivity contribution in [1.82, 2.24) is 14.8 Å². The van der Waals surface area contributed by atoms with Gasteiger partial charge >= 0.3 is 0 Å². The summed E-state index contributed by atoms with van der Waals surface area (Å²) in [5.74, 6) is -0.989. The number of nitrogens with zero attached hydrogens (tertiary/aromatic N) is 4. The number of hydrogen-bond acceptors (Lipinski definition) is 4. The number of primary amides is 1. The van der Waals surface area contributed by atoms with E-state index in [9.17, 15) is 9.18 Å². The Labute approximate surface area is 141 Å². The molecular weight excluding hydrogens is 365 g/mol. The molecule has 3 rings (SSSR count). The first-order valence-corrected chi connectivity index (χ1v) is 8.20. The largest absolute Gasteiger partial charge is 0.370 e. The van der Waals surface area contributed by atoms with Crippen LogP contribution in [0.1, 0.15) is 23.2 Å². The van der Waals surface area contributed by atoms with Crippen LogP contribution in [-0.2, 0) is 6.54 Å². The van der Waals surface area contributed by atoms with E-state index < -0.39 is 11.7 Å². The second kappa shape index (κ2) is 6.66. The van der Waals surface area contributed by atoms with E-state index in [1.807, 2.05) is 4.90 Å². The highest BCUT2D eigenvalue weighted by atomic mass is 79.9. The second-order valence-electron chi connectivity index (χ2n) is 5.72. The summed E-state index contributed by atoms with van der Waals surface area (Å²) in [5, 5.41) is 4.13. The van der Waals surface area contributed by atoms with Crippen LogP contribution in [-0.4, -0.2) is 33.8 Å². The van der Waals surface area contributed by atoms with Crippen LogP contribution < -0.4 is 10.6 Å². The molecule has 1 aromatic carbocycles. The number of amides is 1. The van der Waals surface area contributed by atoms with Gasteiger partial charge in [-0.1, -0.05) is 15.9 Å². The highest BCUT2D eigenvalue weighted by Gasteiger charge is 2.25. The van der Waals surface area contributed by atoms with Gasteiger partial charge in [0.25, 0.3) is 5.91 Å². The van der Waals surface area contributed by atoms with Crippen LogP contribution in [0.3, 0.4) is 0 Å². The maximum atomic E-state index is 14.1. The van der Waals surface area contributed by atoms with Crippen molar-refractivity contribution in [2.75, 3.05) is 18.0 Å². The van der Waals surface area contributed by atoms with E-state index in [0.717, 1.165) is 32.5 Å². The Hall–Kier alpha value is -1.96. The van der Waals surface area contributed by atoms with Gasteiger partial charge in [-0.25, -0.2) is 9.37 Å². The fourth-order valence-corrected chi connectivity index (χ4v) is 3.50. The topological polar surface area (TPSA) is 77.0 Å². The monoisotopic (exact) mass is 381 g/mol. The van der Waals surface area contributed by atoms with Crippen LogP contribution in [0.5, 0.6) is 0 Å². The molecule has 6 nitrogen and oxygen atoms in total. The van der Waals surface area contributed by atoms with Gasteiger partial charge in [-0.15, -0.1) is 0 Å². The first-order valence-electron chi connectivity index (χ1n) is 7.41. The molecular formula is C15H17BrFN5O. The number of piperidine rings is 1. The second-order valence-corrected chi connectivity index (χ2v) is 6.63. The molecule has 2 heterocycles. The van der Waals surface area contributed by atoms with Crippen molar-refractivity contribution in [3.8, 4) is 0 Å². The fraction of sp³-hybridized carbons (Fsp3) is 0.400. The summed E-state index contributed by atoms with van der Waals surface area (Å²) >= 11 is 3.29. The first kappa shape index (κ1) is 15.9. The molecule has 1 aliphatic rings. The molecule has 0 bridgehead atoms. The summed E-state index contributed by atoms with van der Waals surface area (Å²) in [5.41, 5.74) is 5.88. The van der Waals surface area contributed by atoms with Crippen molar-refractivity contribution in [3.05, 3.63) is 40.6 Å². The van der Waals surface area contributed by atoms with Gasteiger partial charge in [0.05, 0.1) is 11.3 Å². The molecule has 1 aliphatic heterocycles. The average molecular weight is 382 g/mol. The van der Waals surface area contributed by atoms with Crippen molar-refractivity contribution in [3.63, 3.8) is 0 Å². The number of carbonyl (C=O) groups excluding carboxylic acids is 1. The Balaban J connectivity index is 1.85.